The number of benzene rings is 2. The average molecular weight is 369 g/mol. The van der Waals surface area contributed by atoms with E-state index in [1.807, 2.05) is 24.3 Å². The van der Waals surface area contributed by atoms with Gasteiger partial charge >= 0.3 is 5.97 Å². The third-order valence-electron chi connectivity index (χ3n) is 4.37. The Labute approximate surface area is 158 Å². The number of amides is 1. The lowest BCUT2D eigenvalue weighted by atomic mass is 10.0. The van der Waals surface area contributed by atoms with Crippen LogP contribution in [0.25, 0.3) is 0 Å². The van der Waals surface area contributed by atoms with E-state index >= 15 is 0 Å². The molecule has 2 aromatic carbocycles. The van der Waals surface area contributed by atoms with Gasteiger partial charge in [-0.15, -0.1) is 0 Å². The predicted molar refractivity (Wildman–Crippen MR) is 99.8 cm³/mol. The second kappa shape index (κ2) is 8.12. The normalized spacial score (nSPS) is 13.3. The number of esters is 1. The number of carbonyl (C=O) groups is 2. The van der Waals surface area contributed by atoms with Gasteiger partial charge in [0, 0.05) is 6.54 Å². The van der Waals surface area contributed by atoms with Gasteiger partial charge in [-0.25, -0.2) is 4.79 Å². The molecular weight excluding hydrogens is 346 g/mol. The number of fused-ring (bicyclic) bond motifs is 1. The van der Waals surface area contributed by atoms with E-state index in [1.165, 1.54) is 0 Å². The molecule has 0 unspecified atom stereocenters. The van der Waals surface area contributed by atoms with E-state index < -0.39 is 12.1 Å². The van der Waals surface area contributed by atoms with Crippen LogP contribution in [0.5, 0.6) is 11.5 Å². The minimum atomic E-state index is -0.892. The largest absolute Gasteiger partial charge is 0.454 e. The van der Waals surface area contributed by atoms with Gasteiger partial charge in [0.2, 0.25) is 6.79 Å². The van der Waals surface area contributed by atoms with Crippen molar-refractivity contribution in [3.63, 3.8) is 0 Å². The van der Waals surface area contributed by atoms with Crippen LogP contribution in [0.4, 0.5) is 0 Å². The lowest BCUT2D eigenvalue weighted by molar-refractivity contribution is -0.129. The standard InChI is InChI=1S/C21H23NO5/c1-13(2)16-5-7-17(8-6-16)21(24)27-14(3)20(23)22-11-15-4-9-18-19(10-15)26-12-25-18/h4-10,13-14H,11-12H2,1-3H3,(H,22,23)/t14-/m1/s1. The zero-order chi connectivity index (χ0) is 19.4. The van der Waals surface area contributed by atoms with Gasteiger partial charge in [-0.2, -0.15) is 0 Å². The molecule has 0 spiro atoms. The van der Waals surface area contributed by atoms with Crippen molar-refractivity contribution in [1.82, 2.24) is 5.32 Å². The minimum Gasteiger partial charge on any atom is -0.454 e. The molecule has 1 N–H and O–H groups in total. The summed E-state index contributed by atoms with van der Waals surface area (Å²) in [6.07, 6.45) is -0.892. The molecule has 0 aliphatic carbocycles. The van der Waals surface area contributed by atoms with E-state index in [1.54, 1.807) is 25.1 Å². The number of nitrogens with one attached hydrogen (secondary N) is 1. The van der Waals surface area contributed by atoms with E-state index in [0.717, 1.165) is 11.1 Å². The van der Waals surface area contributed by atoms with Crippen molar-refractivity contribution in [2.75, 3.05) is 6.79 Å². The highest BCUT2D eigenvalue weighted by Crippen LogP contribution is 2.32. The molecule has 1 heterocycles. The first-order valence-electron chi connectivity index (χ1n) is 8.91. The lowest BCUT2D eigenvalue weighted by Gasteiger charge is -2.14. The summed E-state index contributed by atoms with van der Waals surface area (Å²) >= 11 is 0. The molecule has 3 rings (SSSR count). The third-order valence-corrected chi connectivity index (χ3v) is 4.37. The van der Waals surface area contributed by atoms with E-state index in [4.69, 9.17) is 14.2 Å². The third kappa shape index (κ3) is 4.58. The van der Waals surface area contributed by atoms with Gasteiger partial charge in [-0.3, -0.25) is 4.79 Å². The predicted octanol–water partition coefficient (Wildman–Crippen LogP) is 3.40. The van der Waals surface area contributed by atoms with Gasteiger partial charge in [0.1, 0.15) is 0 Å². The van der Waals surface area contributed by atoms with E-state index in [9.17, 15) is 9.59 Å². The maximum atomic E-state index is 12.2. The molecule has 1 atom stereocenters. The summed E-state index contributed by atoms with van der Waals surface area (Å²) in [4.78, 5) is 24.4. The van der Waals surface area contributed by atoms with Gasteiger partial charge in [0.15, 0.2) is 17.6 Å². The molecule has 0 saturated carbocycles. The fourth-order valence-corrected chi connectivity index (χ4v) is 2.67. The van der Waals surface area contributed by atoms with Gasteiger partial charge in [0.05, 0.1) is 5.56 Å². The Bertz CT molecular complexity index is 829. The molecule has 1 amide bonds. The number of rotatable bonds is 6. The maximum absolute atomic E-state index is 12.2. The molecule has 6 heteroatoms. The van der Waals surface area contributed by atoms with Crippen LogP contribution in [0.15, 0.2) is 42.5 Å². The van der Waals surface area contributed by atoms with Gasteiger partial charge in [-0.1, -0.05) is 32.0 Å². The SMILES string of the molecule is CC(C)c1ccc(C(=O)O[C@H](C)C(=O)NCc2ccc3c(c2)OCO3)cc1. The van der Waals surface area contributed by atoms with Crippen LogP contribution in [0, 0.1) is 0 Å². The topological polar surface area (TPSA) is 73.9 Å². The second-order valence-corrected chi connectivity index (χ2v) is 6.73. The molecule has 0 radical (unpaired) electrons. The zero-order valence-corrected chi connectivity index (χ0v) is 15.7. The molecule has 1 aliphatic rings. The Balaban J connectivity index is 1.51. The number of carbonyl (C=O) groups excluding carboxylic acids is 2. The monoisotopic (exact) mass is 369 g/mol. The Morgan fingerprint density at radius 3 is 2.44 bits per heavy atom. The van der Waals surface area contributed by atoms with Crippen LogP contribution in [-0.2, 0) is 16.1 Å². The molecule has 142 valence electrons. The van der Waals surface area contributed by atoms with E-state index in [0.29, 0.717) is 29.5 Å². The molecule has 0 saturated heterocycles. The molecule has 27 heavy (non-hydrogen) atoms. The van der Waals surface area contributed by atoms with Crippen molar-refractivity contribution < 1.29 is 23.8 Å². The lowest BCUT2D eigenvalue weighted by Crippen LogP contribution is -2.35. The quantitative estimate of drug-likeness (QED) is 0.790. The summed E-state index contributed by atoms with van der Waals surface area (Å²) < 4.78 is 15.8. The van der Waals surface area contributed by atoms with Gasteiger partial charge in [-0.05, 0) is 48.2 Å². The van der Waals surface area contributed by atoms with Crippen LogP contribution in [0.2, 0.25) is 0 Å². The first-order chi connectivity index (χ1) is 12.9. The fraction of sp³-hybridized carbons (Fsp3) is 0.333. The minimum absolute atomic E-state index is 0.205. The molecule has 0 bridgehead atoms. The molecule has 6 nitrogen and oxygen atoms in total. The van der Waals surface area contributed by atoms with Gasteiger partial charge in [0.25, 0.3) is 5.91 Å². The Morgan fingerprint density at radius 1 is 1.04 bits per heavy atom. The van der Waals surface area contributed by atoms with Crippen LogP contribution in [0.1, 0.15) is 48.2 Å². The van der Waals surface area contributed by atoms with Crippen LogP contribution < -0.4 is 14.8 Å². The summed E-state index contributed by atoms with van der Waals surface area (Å²) in [6, 6.07) is 12.7. The highest BCUT2D eigenvalue weighted by molar-refractivity contribution is 5.92. The first kappa shape index (κ1) is 18.8. The van der Waals surface area contributed by atoms with Crippen LogP contribution in [-0.4, -0.2) is 24.8 Å². The first-order valence-corrected chi connectivity index (χ1v) is 8.91. The summed E-state index contributed by atoms with van der Waals surface area (Å²) in [5.41, 5.74) is 2.44. The smallest absolute Gasteiger partial charge is 0.338 e. The number of hydrogen-bond acceptors (Lipinski definition) is 5. The van der Waals surface area contributed by atoms with Crippen molar-refractivity contribution in [2.45, 2.75) is 39.3 Å². The molecule has 0 aromatic heterocycles. The molecule has 0 fully saturated rings. The van der Waals surface area contributed by atoms with E-state index in [2.05, 4.69) is 19.2 Å². The van der Waals surface area contributed by atoms with Crippen molar-refractivity contribution in [1.29, 1.82) is 0 Å². The molecule has 2 aromatic rings. The maximum Gasteiger partial charge on any atom is 0.338 e. The number of hydrogen-bond donors (Lipinski definition) is 1. The van der Waals surface area contributed by atoms with E-state index in [-0.39, 0.29) is 12.7 Å². The van der Waals surface area contributed by atoms with Crippen molar-refractivity contribution in [3.05, 3.63) is 59.2 Å². The van der Waals surface area contributed by atoms with Crippen molar-refractivity contribution in [2.24, 2.45) is 0 Å². The summed E-state index contributed by atoms with van der Waals surface area (Å²) in [6.45, 7) is 6.23. The Morgan fingerprint density at radius 2 is 1.74 bits per heavy atom. The Hall–Kier alpha value is -3.02. The fourth-order valence-electron chi connectivity index (χ4n) is 2.67. The Kier molecular flexibility index (Phi) is 5.64. The average Bonchev–Trinajstić information content (AvgIpc) is 3.13. The van der Waals surface area contributed by atoms with Crippen LogP contribution in [0.3, 0.4) is 0 Å². The highest BCUT2D eigenvalue weighted by atomic mass is 16.7. The number of ether oxygens (including phenoxy) is 3. The van der Waals surface area contributed by atoms with Crippen molar-refractivity contribution in [3.8, 4) is 11.5 Å². The summed E-state index contributed by atoms with van der Waals surface area (Å²) in [5, 5.41) is 2.76. The van der Waals surface area contributed by atoms with Crippen molar-refractivity contribution >= 4 is 11.9 Å². The second-order valence-electron chi connectivity index (χ2n) is 6.73. The summed E-state index contributed by atoms with van der Waals surface area (Å²) in [5.74, 6) is 0.855. The van der Waals surface area contributed by atoms with Gasteiger partial charge < -0.3 is 19.5 Å². The molecule has 1 aliphatic heterocycles. The van der Waals surface area contributed by atoms with Crippen LogP contribution >= 0.6 is 0 Å². The highest BCUT2D eigenvalue weighted by Gasteiger charge is 2.19. The molecular formula is C21H23NO5. The zero-order valence-electron chi connectivity index (χ0n) is 15.7. The summed E-state index contributed by atoms with van der Waals surface area (Å²) in [7, 11) is 0.